The second-order valence-electron chi connectivity index (χ2n) is 7.37. The SMILES string of the molecule is CO[C@@]12CC[C@@H](O)C[C@@H]1N(C(=O)c1cnn(Cc3ccccc3)c1)CC2. The summed E-state index contributed by atoms with van der Waals surface area (Å²) in [6, 6.07) is 9.98. The fourth-order valence-electron chi connectivity index (χ4n) is 4.42. The average Bonchev–Trinajstić information content (AvgIpc) is 3.27. The van der Waals surface area contributed by atoms with Crippen LogP contribution in [0.3, 0.4) is 0 Å². The second kappa shape index (κ2) is 6.85. The van der Waals surface area contributed by atoms with E-state index in [0.29, 0.717) is 25.1 Å². The van der Waals surface area contributed by atoms with Gasteiger partial charge in [0.05, 0.1) is 36.1 Å². The Morgan fingerprint density at radius 2 is 2.15 bits per heavy atom. The molecule has 138 valence electrons. The summed E-state index contributed by atoms with van der Waals surface area (Å²) in [7, 11) is 1.72. The maximum absolute atomic E-state index is 13.1. The van der Waals surface area contributed by atoms with Crippen molar-refractivity contribution >= 4 is 5.91 Å². The number of amides is 1. The summed E-state index contributed by atoms with van der Waals surface area (Å²) in [6.45, 7) is 1.30. The van der Waals surface area contributed by atoms with E-state index < -0.39 is 0 Å². The van der Waals surface area contributed by atoms with Gasteiger partial charge in [-0.15, -0.1) is 0 Å². The molecule has 0 spiro atoms. The largest absolute Gasteiger partial charge is 0.393 e. The molecule has 2 aromatic rings. The quantitative estimate of drug-likeness (QED) is 0.912. The van der Waals surface area contributed by atoms with Gasteiger partial charge in [-0.3, -0.25) is 9.48 Å². The topological polar surface area (TPSA) is 67.6 Å². The van der Waals surface area contributed by atoms with E-state index in [1.807, 2.05) is 35.2 Å². The predicted octanol–water partition coefficient (Wildman–Crippen LogP) is 2.08. The van der Waals surface area contributed by atoms with Crippen LogP contribution in [-0.2, 0) is 11.3 Å². The number of hydrogen-bond donors (Lipinski definition) is 1. The molecule has 1 saturated heterocycles. The summed E-state index contributed by atoms with van der Waals surface area (Å²) in [5.41, 5.74) is 1.42. The highest BCUT2D eigenvalue weighted by Crippen LogP contribution is 2.42. The van der Waals surface area contributed by atoms with Crippen LogP contribution >= 0.6 is 0 Å². The fraction of sp³-hybridized carbons (Fsp3) is 0.500. The van der Waals surface area contributed by atoms with E-state index in [2.05, 4.69) is 5.10 Å². The van der Waals surface area contributed by atoms with Gasteiger partial charge in [0.1, 0.15) is 0 Å². The highest BCUT2D eigenvalue weighted by molar-refractivity contribution is 5.94. The molecule has 1 saturated carbocycles. The van der Waals surface area contributed by atoms with Crippen molar-refractivity contribution in [3.8, 4) is 0 Å². The van der Waals surface area contributed by atoms with Gasteiger partial charge in [0, 0.05) is 19.9 Å². The van der Waals surface area contributed by atoms with E-state index >= 15 is 0 Å². The van der Waals surface area contributed by atoms with Crippen LogP contribution in [0.4, 0.5) is 0 Å². The molecule has 4 rings (SSSR count). The number of aliphatic hydroxyl groups excluding tert-OH is 1. The third-order valence-electron chi connectivity index (χ3n) is 5.89. The average molecular weight is 355 g/mol. The van der Waals surface area contributed by atoms with Crippen LogP contribution in [0.15, 0.2) is 42.7 Å². The van der Waals surface area contributed by atoms with E-state index in [1.54, 1.807) is 24.2 Å². The summed E-state index contributed by atoms with van der Waals surface area (Å²) in [4.78, 5) is 14.9. The number of rotatable bonds is 4. The monoisotopic (exact) mass is 355 g/mol. The molecule has 1 N–H and O–H groups in total. The number of likely N-dealkylation sites (tertiary alicyclic amines) is 1. The normalized spacial score (nSPS) is 28.2. The van der Waals surface area contributed by atoms with Gasteiger partial charge in [-0.2, -0.15) is 5.10 Å². The van der Waals surface area contributed by atoms with E-state index in [4.69, 9.17) is 4.74 Å². The molecule has 6 heteroatoms. The maximum atomic E-state index is 13.1. The van der Waals surface area contributed by atoms with E-state index in [0.717, 1.165) is 24.8 Å². The molecule has 6 nitrogen and oxygen atoms in total. The smallest absolute Gasteiger partial charge is 0.257 e. The minimum Gasteiger partial charge on any atom is -0.393 e. The van der Waals surface area contributed by atoms with Crippen LogP contribution in [0.5, 0.6) is 0 Å². The Bertz CT molecular complexity index is 776. The van der Waals surface area contributed by atoms with Crippen LogP contribution in [0, 0.1) is 0 Å². The zero-order chi connectivity index (χ0) is 18.1. The van der Waals surface area contributed by atoms with Gasteiger partial charge >= 0.3 is 0 Å². The van der Waals surface area contributed by atoms with E-state index in [1.165, 1.54) is 0 Å². The first-order chi connectivity index (χ1) is 12.6. The molecule has 26 heavy (non-hydrogen) atoms. The molecule has 1 aliphatic heterocycles. The number of aliphatic hydroxyl groups is 1. The predicted molar refractivity (Wildman–Crippen MR) is 96.8 cm³/mol. The van der Waals surface area contributed by atoms with E-state index in [-0.39, 0.29) is 23.7 Å². The number of nitrogens with zero attached hydrogens (tertiary/aromatic N) is 3. The van der Waals surface area contributed by atoms with Gasteiger partial charge in [-0.25, -0.2) is 0 Å². The Labute approximate surface area is 153 Å². The summed E-state index contributed by atoms with van der Waals surface area (Å²) < 4.78 is 7.62. The lowest BCUT2D eigenvalue weighted by Gasteiger charge is -2.42. The Hall–Kier alpha value is -2.18. The van der Waals surface area contributed by atoms with Crippen molar-refractivity contribution in [3.63, 3.8) is 0 Å². The number of ether oxygens (including phenoxy) is 1. The third-order valence-corrected chi connectivity index (χ3v) is 5.89. The van der Waals surface area contributed by atoms with Gasteiger partial charge < -0.3 is 14.7 Å². The molecule has 1 aromatic heterocycles. The Morgan fingerprint density at radius 3 is 2.92 bits per heavy atom. The molecule has 2 aliphatic rings. The zero-order valence-electron chi connectivity index (χ0n) is 15.0. The number of fused-ring (bicyclic) bond motifs is 1. The molecule has 1 amide bonds. The summed E-state index contributed by atoms with van der Waals surface area (Å²) in [5, 5.41) is 14.4. The summed E-state index contributed by atoms with van der Waals surface area (Å²) in [6.07, 6.45) is 6.02. The summed E-state index contributed by atoms with van der Waals surface area (Å²) >= 11 is 0. The van der Waals surface area contributed by atoms with Crippen molar-refractivity contribution in [2.24, 2.45) is 0 Å². The zero-order valence-corrected chi connectivity index (χ0v) is 15.0. The lowest BCUT2D eigenvalue weighted by Crippen LogP contribution is -2.52. The van der Waals surface area contributed by atoms with Crippen molar-refractivity contribution in [1.82, 2.24) is 14.7 Å². The van der Waals surface area contributed by atoms with Crippen molar-refractivity contribution in [2.45, 2.75) is 50.0 Å². The van der Waals surface area contributed by atoms with Crippen molar-refractivity contribution in [2.75, 3.05) is 13.7 Å². The number of methoxy groups -OCH3 is 1. The van der Waals surface area contributed by atoms with Crippen LogP contribution in [0.25, 0.3) is 0 Å². The highest BCUT2D eigenvalue weighted by atomic mass is 16.5. The minimum absolute atomic E-state index is 0.0256. The first kappa shape index (κ1) is 17.2. The molecule has 1 aromatic carbocycles. The first-order valence-electron chi connectivity index (χ1n) is 9.22. The number of aromatic nitrogens is 2. The molecular formula is C20H25N3O3. The van der Waals surface area contributed by atoms with Crippen LogP contribution in [0.1, 0.15) is 41.6 Å². The number of hydrogen-bond acceptors (Lipinski definition) is 4. The molecule has 2 fully saturated rings. The molecular weight excluding hydrogens is 330 g/mol. The van der Waals surface area contributed by atoms with Gasteiger partial charge in [0.25, 0.3) is 5.91 Å². The summed E-state index contributed by atoms with van der Waals surface area (Å²) in [5.74, 6) is -0.0256. The molecule has 2 heterocycles. The molecule has 0 radical (unpaired) electrons. The molecule has 1 aliphatic carbocycles. The third kappa shape index (κ3) is 3.04. The van der Waals surface area contributed by atoms with Gasteiger partial charge in [0.15, 0.2) is 0 Å². The number of carbonyl (C=O) groups is 1. The lowest BCUT2D eigenvalue weighted by atomic mass is 9.79. The maximum Gasteiger partial charge on any atom is 0.257 e. The molecule has 3 atom stereocenters. The first-order valence-corrected chi connectivity index (χ1v) is 9.22. The Kier molecular flexibility index (Phi) is 4.54. The van der Waals surface area contributed by atoms with Crippen LogP contribution in [0.2, 0.25) is 0 Å². The van der Waals surface area contributed by atoms with Gasteiger partial charge in [0.2, 0.25) is 0 Å². The highest BCUT2D eigenvalue weighted by Gasteiger charge is 2.52. The minimum atomic E-state index is -0.363. The van der Waals surface area contributed by atoms with Crippen LogP contribution < -0.4 is 0 Å². The van der Waals surface area contributed by atoms with E-state index in [9.17, 15) is 9.90 Å². The van der Waals surface area contributed by atoms with Gasteiger partial charge in [-0.05, 0) is 31.2 Å². The Balaban J connectivity index is 1.51. The number of benzene rings is 1. The standard InChI is InChI=1S/C20H25N3O3/c1-26-20-8-7-17(24)11-18(20)23(10-9-20)19(25)16-12-21-22(14-16)13-15-5-3-2-4-6-15/h2-6,12,14,17-18,24H,7-11,13H2,1H3/t17-,18+,20-/m1/s1. The lowest BCUT2D eigenvalue weighted by molar-refractivity contribution is -0.0824. The van der Waals surface area contributed by atoms with Crippen molar-refractivity contribution in [1.29, 1.82) is 0 Å². The van der Waals surface area contributed by atoms with Crippen molar-refractivity contribution in [3.05, 3.63) is 53.9 Å². The van der Waals surface area contributed by atoms with Gasteiger partial charge in [-0.1, -0.05) is 30.3 Å². The van der Waals surface area contributed by atoms with Crippen molar-refractivity contribution < 1.29 is 14.6 Å². The Morgan fingerprint density at radius 1 is 1.35 bits per heavy atom. The second-order valence-corrected chi connectivity index (χ2v) is 7.37. The molecule has 0 unspecified atom stereocenters. The fourth-order valence-corrected chi connectivity index (χ4v) is 4.42. The van der Waals surface area contributed by atoms with Crippen LogP contribution in [-0.4, -0.2) is 57.1 Å². The molecule has 0 bridgehead atoms. The number of carbonyl (C=O) groups excluding carboxylic acids is 1.